The van der Waals surface area contributed by atoms with Gasteiger partial charge in [0.05, 0.1) is 14.7 Å². The van der Waals surface area contributed by atoms with Gasteiger partial charge in [-0.25, -0.2) is 0 Å². The molecule has 1 atom stereocenters. The lowest BCUT2D eigenvalue weighted by molar-refractivity contribution is 0.503. The molecule has 0 aromatic rings. The fourth-order valence-electron chi connectivity index (χ4n) is 2.15. The molecule has 0 spiro atoms. The van der Waals surface area contributed by atoms with E-state index in [0.717, 1.165) is 0 Å². The van der Waals surface area contributed by atoms with Crippen molar-refractivity contribution in [3.63, 3.8) is 0 Å². The Morgan fingerprint density at radius 2 is 2.00 bits per heavy atom. The Labute approximate surface area is 84.8 Å². The first-order chi connectivity index (χ1) is 6.27. The van der Waals surface area contributed by atoms with E-state index in [9.17, 15) is 0 Å². The molecule has 3 heteroatoms. The quantitative estimate of drug-likeness (QED) is 0.446. The van der Waals surface area contributed by atoms with E-state index < -0.39 is 0 Å². The van der Waals surface area contributed by atoms with Crippen molar-refractivity contribution in [1.82, 2.24) is 0 Å². The molecule has 0 bridgehead atoms. The standard InChI is InChI=1S/C10H12OS2/c1-6-8-4-3-5-9-7(2)12-13(11-6)10(8)9/h3-5H2,1-2H3. The van der Waals surface area contributed by atoms with Gasteiger partial charge in [0, 0.05) is 5.57 Å². The van der Waals surface area contributed by atoms with E-state index in [-0.39, 0.29) is 9.80 Å². The Morgan fingerprint density at radius 3 is 2.85 bits per heavy atom. The summed E-state index contributed by atoms with van der Waals surface area (Å²) in [6.07, 6.45) is 3.82. The fraction of sp³-hybridized carbons (Fsp3) is 0.500. The zero-order valence-corrected chi connectivity index (χ0v) is 9.48. The van der Waals surface area contributed by atoms with Gasteiger partial charge in [-0.1, -0.05) is 0 Å². The summed E-state index contributed by atoms with van der Waals surface area (Å²) in [5, 5.41) is 0. The summed E-state index contributed by atoms with van der Waals surface area (Å²) < 4.78 is 5.86. The van der Waals surface area contributed by atoms with Gasteiger partial charge in [-0.3, -0.25) is 0 Å². The Bertz CT molecular complexity index is 354. The molecule has 13 heavy (non-hydrogen) atoms. The molecule has 2 aliphatic heterocycles. The number of hydrogen-bond donors (Lipinski definition) is 0. The summed E-state index contributed by atoms with van der Waals surface area (Å²) >= 11 is 0. The molecule has 0 amide bonds. The topological polar surface area (TPSA) is 9.23 Å². The molecule has 0 aromatic heterocycles. The van der Waals surface area contributed by atoms with Gasteiger partial charge in [-0.2, -0.15) is 0 Å². The largest absolute Gasteiger partial charge is 0.427 e. The molecule has 3 rings (SSSR count). The van der Waals surface area contributed by atoms with E-state index in [1.54, 1.807) is 10.4 Å². The first-order valence-electron chi connectivity index (χ1n) is 4.65. The van der Waals surface area contributed by atoms with Gasteiger partial charge in [0.25, 0.3) is 0 Å². The van der Waals surface area contributed by atoms with Crippen LogP contribution in [0.5, 0.6) is 0 Å². The zero-order valence-electron chi connectivity index (χ0n) is 7.85. The highest BCUT2D eigenvalue weighted by atomic mass is 33.1. The Morgan fingerprint density at radius 1 is 1.23 bits per heavy atom. The van der Waals surface area contributed by atoms with E-state index in [1.165, 1.54) is 35.5 Å². The molecule has 3 aliphatic rings. The van der Waals surface area contributed by atoms with Gasteiger partial charge in [0.1, 0.15) is 5.76 Å². The summed E-state index contributed by atoms with van der Waals surface area (Å²) in [5.74, 6) is 1.19. The summed E-state index contributed by atoms with van der Waals surface area (Å²) in [4.78, 5) is 3.06. The summed E-state index contributed by atoms with van der Waals surface area (Å²) in [5.41, 5.74) is 3.13. The molecular weight excluding hydrogens is 200 g/mol. The van der Waals surface area contributed by atoms with Crippen molar-refractivity contribution >= 4 is 25.5 Å². The molecule has 0 aromatic carbocycles. The van der Waals surface area contributed by atoms with E-state index in [0.29, 0.717) is 0 Å². The van der Waals surface area contributed by atoms with Gasteiger partial charge in [0.2, 0.25) is 0 Å². The molecule has 0 N–H and O–H groups in total. The highest BCUT2D eigenvalue weighted by molar-refractivity contribution is 8.84. The van der Waals surface area contributed by atoms with Crippen molar-refractivity contribution in [3.05, 3.63) is 21.8 Å². The first-order valence-corrected chi connectivity index (χ1v) is 7.14. The zero-order chi connectivity index (χ0) is 9.00. The van der Waals surface area contributed by atoms with Crippen LogP contribution in [0.2, 0.25) is 0 Å². The van der Waals surface area contributed by atoms with Gasteiger partial charge in [-0.05, 0) is 54.4 Å². The first kappa shape index (κ1) is 8.18. The Kier molecular flexibility index (Phi) is 1.68. The molecule has 1 fully saturated rings. The van der Waals surface area contributed by atoms with Crippen LogP contribution in [-0.2, 0) is 4.18 Å². The average Bonchev–Trinajstić information content (AvgIpc) is 2.59. The van der Waals surface area contributed by atoms with Gasteiger partial charge >= 0.3 is 0 Å². The highest BCUT2D eigenvalue weighted by Crippen LogP contribution is 2.57. The summed E-state index contributed by atoms with van der Waals surface area (Å²) in [7, 11) is 1.97. The van der Waals surface area contributed by atoms with Gasteiger partial charge in [0.15, 0.2) is 0 Å². The minimum Gasteiger partial charge on any atom is -0.427 e. The highest BCUT2D eigenvalue weighted by Gasteiger charge is 2.35. The fourth-order valence-corrected chi connectivity index (χ4v) is 6.42. The molecule has 70 valence electrons. The van der Waals surface area contributed by atoms with Crippen LogP contribution in [-0.4, -0.2) is 4.86 Å². The van der Waals surface area contributed by atoms with E-state index >= 15 is 0 Å². The third-order valence-electron chi connectivity index (χ3n) is 2.82. The van der Waals surface area contributed by atoms with Crippen LogP contribution in [0.15, 0.2) is 21.8 Å². The third kappa shape index (κ3) is 1.00. The molecule has 1 saturated carbocycles. The normalized spacial score (nSPS) is 31.2. The lowest BCUT2D eigenvalue weighted by atomic mass is 9.89. The number of rotatable bonds is 0. The van der Waals surface area contributed by atoms with Crippen LogP contribution in [0.4, 0.5) is 0 Å². The van der Waals surface area contributed by atoms with Crippen LogP contribution in [0.25, 0.3) is 0 Å². The minimum absolute atomic E-state index is 0.0483. The number of hydrogen-bond acceptors (Lipinski definition) is 2. The summed E-state index contributed by atoms with van der Waals surface area (Å²) in [6, 6.07) is 0. The maximum absolute atomic E-state index is 5.86. The van der Waals surface area contributed by atoms with Crippen molar-refractivity contribution in [2.75, 3.05) is 0 Å². The van der Waals surface area contributed by atoms with Crippen LogP contribution in [0.1, 0.15) is 33.1 Å². The molecule has 1 nitrogen and oxygen atoms in total. The monoisotopic (exact) mass is 212 g/mol. The molecular formula is C10H12OS2. The summed E-state index contributed by atoms with van der Waals surface area (Å²) in [6.45, 7) is 4.35. The van der Waals surface area contributed by atoms with Crippen LogP contribution < -0.4 is 0 Å². The second kappa shape index (κ2) is 2.67. The predicted molar refractivity (Wildman–Crippen MR) is 60.5 cm³/mol. The Balaban J connectivity index is 2.17. The maximum Gasteiger partial charge on any atom is 0.116 e. The number of allylic oxidation sites excluding steroid dienone is 4. The second-order valence-electron chi connectivity index (χ2n) is 3.65. The van der Waals surface area contributed by atoms with Gasteiger partial charge in [-0.15, -0.1) is 0 Å². The van der Waals surface area contributed by atoms with E-state index in [1.807, 2.05) is 10.8 Å². The molecule has 0 saturated heterocycles. The third-order valence-corrected chi connectivity index (χ3v) is 6.60. The smallest absolute Gasteiger partial charge is 0.116 e. The Hall–Kier alpha value is -0.150. The van der Waals surface area contributed by atoms with Crippen molar-refractivity contribution < 1.29 is 4.18 Å². The van der Waals surface area contributed by atoms with E-state index in [4.69, 9.17) is 4.18 Å². The van der Waals surface area contributed by atoms with Crippen molar-refractivity contribution in [2.24, 2.45) is 0 Å². The van der Waals surface area contributed by atoms with Gasteiger partial charge < -0.3 is 4.18 Å². The molecule has 1 unspecified atom stereocenters. The molecule has 0 radical (unpaired) electrons. The molecule has 2 heterocycles. The maximum atomic E-state index is 5.86. The molecule has 1 aliphatic carbocycles. The second-order valence-corrected chi connectivity index (χ2v) is 6.89. The minimum atomic E-state index is 0.0483. The van der Waals surface area contributed by atoms with Crippen molar-refractivity contribution in [1.29, 1.82) is 0 Å². The van der Waals surface area contributed by atoms with Crippen LogP contribution >= 0.6 is 20.6 Å². The van der Waals surface area contributed by atoms with E-state index in [2.05, 4.69) is 13.8 Å². The SMILES string of the molecule is CC1=C2CCCC3=C(C)SS(=C23)O1. The average molecular weight is 212 g/mol. The van der Waals surface area contributed by atoms with Crippen molar-refractivity contribution in [3.8, 4) is 0 Å². The van der Waals surface area contributed by atoms with Crippen LogP contribution in [0, 0.1) is 0 Å². The van der Waals surface area contributed by atoms with Crippen molar-refractivity contribution in [2.45, 2.75) is 33.1 Å². The van der Waals surface area contributed by atoms with Crippen LogP contribution in [0.3, 0.4) is 0 Å². The predicted octanol–water partition coefficient (Wildman–Crippen LogP) is 3.77. The lowest BCUT2D eigenvalue weighted by Crippen LogP contribution is -2.09. The lowest BCUT2D eigenvalue weighted by Gasteiger charge is -2.16.